The van der Waals surface area contributed by atoms with Gasteiger partial charge in [0.2, 0.25) is 0 Å². The molecule has 0 bridgehead atoms. The molecule has 11 aromatic rings. The maximum Gasteiger partial charge on any atom is 0.143 e. The number of rotatable bonds is 3. The Balaban J connectivity index is 1.41. The van der Waals surface area contributed by atoms with Crippen molar-refractivity contribution in [1.82, 2.24) is 0 Å². The molecule has 51 heavy (non-hydrogen) atoms. The lowest BCUT2D eigenvalue weighted by atomic mass is 9.84. The van der Waals surface area contributed by atoms with E-state index in [2.05, 4.69) is 0 Å². The summed E-state index contributed by atoms with van der Waals surface area (Å²) in [5, 5.41) is -7.51. The molecule has 0 spiro atoms. The Kier molecular flexibility index (Phi) is 2.50. The van der Waals surface area contributed by atoms with Crippen LogP contribution in [0.4, 0.5) is 0 Å². The van der Waals surface area contributed by atoms with Gasteiger partial charge in [0.25, 0.3) is 0 Å². The summed E-state index contributed by atoms with van der Waals surface area (Å²) in [7, 11) is 0. The number of benzene rings is 10. The zero-order chi connectivity index (χ0) is 59.6. The van der Waals surface area contributed by atoms with Crippen LogP contribution < -0.4 is 0 Å². The Morgan fingerprint density at radius 1 is 0.333 bits per heavy atom. The highest BCUT2D eigenvalue weighted by atomic mass is 16.3. The first-order chi connectivity index (χ1) is 37.8. The van der Waals surface area contributed by atoms with Gasteiger partial charge in [-0.3, -0.25) is 0 Å². The van der Waals surface area contributed by atoms with E-state index in [1.165, 1.54) is 0 Å². The molecule has 0 saturated heterocycles. The van der Waals surface area contributed by atoms with Gasteiger partial charge in [0.15, 0.2) is 0 Å². The zero-order valence-electron chi connectivity index (χ0n) is 55.4. The van der Waals surface area contributed by atoms with Crippen LogP contribution in [0.5, 0.6) is 0 Å². The molecule has 0 unspecified atom stereocenters. The lowest BCUT2D eigenvalue weighted by molar-refractivity contribution is 0.673. The van der Waals surface area contributed by atoms with Crippen molar-refractivity contribution in [2.75, 3.05) is 0 Å². The van der Waals surface area contributed by atoms with Crippen molar-refractivity contribution in [2.45, 2.75) is 0 Å². The monoisotopic (exact) mass is 676 g/mol. The Hall–Kier alpha value is -6.70. The topological polar surface area (TPSA) is 13.1 Å². The second-order valence-corrected chi connectivity index (χ2v) is 11.3. The molecule has 0 saturated carbocycles. The van der Waals surface area contributed by atoms with Gasteiger partial charge in [0.05, 0.1) is 41.1 Å². The van der Waals surface area contributed by atoms with Crippen molar-refractivity contribution in [3.8, 4) is 33.4 Å². The molecule has 1 heterocycles. The van der Waals surface area contributed by atoms with Gasteiger partial charge in [0.1, 0.15) is 11.2 Å². The molecular weight excluding hydrogens is 617 g/mol. The molecule has 1 nitrogen and oxygen atoms in total. The fourth-order valence-corrected chi connectivity index (χ4v) is 6.41. The van der Waals surface area contributed by atoms with E-state index in [0.717, 1.165) is 0 Å². The van der Waals surface area contributed by atoms with Crippen LogP contribution >= 0.6 is 0 Å². The van der Waals surface area contributed by atoms with E-state index in [1.807, 2.05) is 0 Å². The average Bonchev–Trinajstić information content (AvgIpc) is 3.16. The average molecular weight is 677 g/mol. The zero-order valence-corrected chi connectivity index (χ0v) is 25.4. The van der Waals surface area contributed by atoms with Crippen LogP contribution in [0.25, 0.3) is 109 Å². The van der Waals surface area contributed by atoms with Crippen LogP contribution in [0, 0.1) is 0 Å². The van der Waals surface area contributed by atoms with Gasteiger partial charge in [-0.2, -0.15) is 0 Å². The first-order valence-electron chi connectivity index (χ1n) is 30.2. The molecule has 0 amide bonds. The van der Waals surface area contributed by atoms with E-state index >= 15 is 0 Å². The van der Waals surface area contributed by atoms with Crippen LogP contribution in [0.1, 0.15) is 41.1 Å². The highest BCUT2D eigenvalue weighted by Crippen LogP contribution is 2.48. The normalized spacial score (nSPS) is 20.2. The van der Waals surface area contributed by atoms with Crippen LogP contribution in [-0.2, 0) is 0 Å². The molecule has 0 aliphatic carbocycles. The number of furan rings is 1. The summed E-state index contributed by atoms with van der Waals surface area (Å²) < 4.78 is 279. The third kappa shape index (κ3) is 4.22. The van der Waals surface area contributed by atoms with Crippen LogP contribution in [0.15, 0.2) is 186 Å². The summed E-state index contributed by atoms with van der Waals surface area (Å²) in [5.41, 5.74) is -6.25. The van der Waals surface area contributed by atoms with Crippen molar-refractivity contribution in [1.29, 1.82) is 0 Å². The highest BCUT2D eigenvalue weighted by Gasteiger charge is 2.21. The predicted molar refractivity (Wildman–Crippen MR) is 218 cm³/mol. The van der Waals surface area contributed by atoms with E-state index in [9.17, 15) is 17.8 Å². The second kappa shape index (κ2) is 10.9. The Morgan fingerprint density at radius 3 is 1.63 bits per heavy atom. The minimum Gasteiger partial charge on any atom is -0.455 e. The van der Waals surface area contributed by atoms with Gasteiger partial charge < -0.3 is 4.42 Å². The standard InChI is InChI=1S/C50H30O/c1-3-15-37-31(11-1)23-24-35-29-34(26-27-38(35)37)33-13-9-14-36(30-33)47-40-17-5-7-19-42(40)48(43-20-8-6-18-41(43)47)44-21-10-22-46-49(44)45-28-25-32-12-2-4-16-39(32)50(45)51-46/h1-30H/i1D,2D,3D,4D,5D,6D,7D,8D,9D,10D,11D,12D,13D,14D,15D,16D,17D,18D,19D,20D,21D,22D,23D,24D,25D,26D,27D,28D,29D,30D. The van der Waals surface area contributed by atoms with Gasteiger partial charge in [-0.05, 0) is 106 Å². The van der Waals surface area contributed by atoms with Gasteiger partial charge in [-0.1, -0.05) is 157 Å². The van der Waals surface area contributed by atoms with E-state index in [0.29, 0.717) is 0 Å². The first-order valence-corrected chi connectivity index (χ1v) is 15.2. The van der Waals surface area contributed by atoms with Crippen LogP contribution in [0.3, 0.4) is 0 Å². The molecule has 0 N–H and O–H groups in total. The van der Waals surface area contributed by atoms with Crippen molar-refractivity contribution >= 4 is 75.8 Å². The van der Waals surface area contributed by atoms with Crippen LogP contribution in [0.2, 0.25) is 0 Å². The molecule has 0 radical (unpaired) electrons. The highest BCUT2D eigenvalue weighted by molar-refractivity contribution is 6.27. The smallest absolute Gasteiger partial charge is 0.143 e. The molecule has 0 aliphatic heterocycles. The molecule has 0 aliphatic rings. The SMILES string of the molecule is [2H]c1c([2H])c(-c2c([2H])c([2H])c3c(c2[2H])c([2H])c([2H])c2c([2H])c([2H])c([2H])c([2H])c23)c([2H])c(-c2c3c([2H])c([2H])c([2H])c([2H])c3c(-c3c([2H])c([2H])c([2H])c4oc5c6c([2H])c([2H])c([2H])c([2H])c6c([2H])c([2H])c5c34)c3c([2H])c([2H])c([2H])c([2H])c23)c1[2H]. The summed E-state index contributed by atoms with van der Waals surface area (Å²) in [5.74, 6) is 0. The molecule has 236 valence electrons. The number of hydrogen-bond acceptors (Lipinski definition) is 1. The van der Waals surface area contributed by atoms with E-state index in [1.54, 1.807) is 0 Å². The quantitative estimate of drug-likeness (QED) is 0.134. The minimum atomic E-state index is -1.13. The third-order valence-corrected chi connectivity index (χ3v) is 8.56. The minimum absolute atomic E-state index is 0.479. The van der Waals surface area contributed by atoms with Crippen molar-refractivity contribution < 1.29 is 45.5 Å². The third-order valence-electron chi connectivity index (χ3n) is 8.56. The van der Waals surface area contributed by atoms with E-state index in [-0.39, 0.29) is 0 Å². The molecule has 0 fully saturated rings. The Morgan fingerprint density at radius 2 is 0.863 bits per heavy atom. The molecule has 11 rings (SSSR count). The van der Waals surface area contributed by atoms with Crippen molar-refractivity contribution in [3.05, 3.63) is 181 Å². The molecule has 1 aromatic heterocycles. The number of hydrogen-bond donors (Lipinski definition) is 0. The van der Waals surface area contributed by atoms with Crippen LogP contribution in [-0.4, -0.2) is 0 Å². The maximum absolute atomic E-state index is 9.95. The van der Waals surface area contributed by atoms with E-state index in [4.69, 9.17) is 27.7 Å². The summed E-state index contributed by atoms with van der Waals surface area (Å²) in [4.78, 5) is 0. The molecule has 10 aromatic carbocycles. The number of fused-ring (bicyclic) bond motifs is 10. The lowest BCUT2D eigenvalue weighted by Crippen LogP contribution is -1.91. The van der Waals surface area contributed by atoms with Gasteiger partial charge in [0, 0.05) is 16.2 Å². The fourth-order valence-electron chi connectivity index (χ4n) is 6.41. The van der Waals surface area contributed by atoms with Crippen molar-refractivity contribution in [3.63, 3.8) is 0 Å². The molecular formula is C50H30O. The van der Waals surface area contributed by atoms with E-state index < -0.39 is 290 Å². The lowest BCUT2D eigenvalue weighted by Gasteiger charge is -2.18. The fraction of sp³-hybridized carbons (Fsp3) is 0. The Bertz CT molecular complexity index is 4850. The second-order valence-electron chi connectivity index (χ2n) is 11.3. The summed E-state index contributed by atoms with van der Waals surface area (Å²) in [6.45, 7) is 0. The summed E-state index contributed by atoms with van der Waals surface area (Å²) >= 11 is 0. The summed E-state index contributed by atoms with van der Waals surface area (Å²) in [6, 6.07) is -28.3. The van der Waals surface area contributed by atoms with Gasteiger partial charge in [-0.15, -0.1) is 0 Å². The molecule has 0 atom stereocenters. The van der Waals surface area contributed by atoms with Crippen molar-refractivity contribution in [2.24, 2.45) is 0 Å². The maximum atomic E-state index is 9.95. The first kappa shape index (κ1) is 11.7. The van der Waals surface area contributed by atoms with Gasteiger partial charge in [-0.25, -0.2) is 0 Å². The van der Waals surface area contributed by atoms with Gasteiger partial charge >= 0.3 is 0 Å². The summed E-state index contributed by atoms with van der Waals surface area (Å²) in [6.07, 6.45) is 0. The largest absolute Gasteiger partial charge is 0.455 e. The Labute approximate surface area is 336 Å². The predicted octanol–water partition coefficient (Wildman–Crippen LogP) is 14.4. The molecule has 1 heteroatoms.